The number of rotatable bonds is 8. The fraction of sp³-hybridized carbons (Fsp3) is 0.409. The number of hydrogen-bond donors (Lipinski definition) is 1. The van der Waals surface area contributed by atoms with E-state index in [0.717, 1.165) is 21.9 Å². The standard InChI is InChI=1S/C22H29ClN2O4S/c1-16-14-17(23)10-11-19(16)25(30(5,27)28)15-21(26)24-12-13-29-20-9-7-6-8-18(20)22(2,3)4/h6-11,14H,12-13,15H2,1-5H3,(H,24,26). The van der Waals surface area contributed by atoms with Crippen LogP contribution in [0.15, 0.2) is 42.5 Å². The van der Waals surface area contributed by atoms with Crippen molar-refractivity contribution in [2.45, 2.75) is 33.1 Å². The number of nitrogens with zero attached hydrogens (tertiary/aromatic N) is 1. The van der Waals surface area contributed by atoms with Crippen molar-refractivity contribution in [3.05, 3.63) is 58.6 Å². The molecule has 0 radical (unpaired) electrons. The van der Waals surface area contributed by atoms with Crippen LogP contribution in [0.5, 0.6) is 5.75 Å². The molecule has 0 fully saturated rings. The maximum Gasteiger partial charge on any atom is 0.240 e. The molecule has 0 aliphatic carbocycles. The van der Waals surface area contributed by atoms with Gasteiger partial charge in [-0.2, -0.15) is 0 Å². The van der Waals surface area contributed by atoms with Gasteiger partial charge in [0.05, 0.1) is 18.5 Å². The van der Waals surface area contributed by atoms with Crippen LogP contribution in [0.4, 0.5) is 5.69 Å². The molecule has 0 aliphatic rings. The molecule has 1 N–H and O–H groups in total. The van der Waals surface area contributed by atoms with E-state index in [-0.39, 0.29) is 25.1 Å². The summed E-state index contributed by atoms with van der Waals surface area (Å²) in [6, 6.07) is 12.6. The van der Waals surface area contributed by atoms with Crippen molar-refractivity contribution in [2.75, 3.05) is 30.3 Å². The number of anilines is 1. The number of sulfonamides is 1. The van der Waals surface area contributed by atoms with Crippen molar-refractivity contribution in [1.82, 2.24) is 5.32 Å². The summed E-state index contributed by atoms with van der Waals surface area (Å²) in [5.41, 5.74) is 2.11. The van der Waals surface area contributed by atoms with Gasteiger partial charge < -0.3 is 10.1 Å². The van der Waals surface area contributed by atoms with Crippen molar-refractivity contribution in [3.8, 4) is 5.75 Å². The normalized spacial score (nSPS) is 11.8. The lowest BCUT2D eigenvalue weighted by Crippen LogP contribution is -2.41. The van der Waals surface area contributed by atoms with E-state index in [1.807, 2.05) is 24.3 Å². The van der Waals surface area contributed by atoms with Crippen LogP contribution in [-0.4, -0.2) is 40.3 Å². The molecule has 1 amide bonds. The van der Waals surface area contributed by atoms with Crippen LogP contribution < -0.4 is 14.4 Å². The molecule has 2 rings (SSSR count). The lowest BCUT2D eigenvalue weighted by atomic mass is 9.86. The summed E-state index contributed by atoms with van der Waals surface area (Å²) in [7, 11) is -3.65. The van der Waals surface area contributed by atoms with Crippen molar-refractivity contribution in [2.24, 2.45) is 0 Å². The highest BCUT2D eigenvalue weighted by atomic mass is 35.5. The molecule has 30 heavy (non-hydrogen) atoms. The Morgan fingerprint density at radius 2 is 1.83 bits per heavy atom. The fourth-order valence-corrected chi connectivity index (χ4v) is 4.17. The molecule has 2 aromatic carbocycles. The average Bonchev–Trinajstić information content (AvgIpc) is 2.62. The van der Waals surface area contributed by atoms with Gasteiger partial charge in [0.25, 0.3) is 0 Å². The lowest BCUT2D eigenvalue weighted by Gasteiger charge is -2.24. The minimum atomic E-state index is -3.65. The van der Waals surface area contributed by atoms with Gasteiger partial charge in [0, 0.05) is 5.02 Å². The van der Waals surface area contributed by atoms with E-state index in [4.69, 9.17) is 16.3 Å². The highest BCUT2D eigenvalue weighted by Crippen LogP contribution is 2.30. The first kappa shape index (κ1) is 24.0. The summed E-state index contributed by atoms with van der Waals surface area (Å²) < 4.78 is 31.4. The Morgan fingerprint density at radius 1 is 1.17 bits per heavy atom. The van der Waals surface area contributed by atoms with Crippen LogP contribution >= 0.6 is 11.6 Å². The summed E-state index contributed by atoms with van der Waals surface area (Å²) in [6.45, 7) is 8.28. The van der Waals surface area contributed by atoms with E-state index in [9.17, 15) is 13.2 Å². The molecule has 0 aliphatic heterocycles. The summed E-state index contributed by atoms with van der Waals surface area (Å²) in [5, 5.41) is 3.22. The molecule has 2 aromatic rings. The fourth-order valence-electron chi connectivity index (χ4n) is 3.03. The Labute approximate surface area is 184 Å². The number of nitrogens with one attached hydrogen (secondary N) is 1. The van der Waals surface area contributed by atoms with Gasteiger partial charge in [0.2, 0.25) is 15.9 Å². The van der Waals surface area contributed by atoms with Crippen LogP contribution in [0.25, 0.3) is 0 Å². The summed E-state index contributed by atoms with van der Waals surface area (Å²) in [6.07, 6.45) is 1.07. The van der Waals surface area contributed by atoms with E-state index in [2.05, 4.69) is 26.1 Å². The lowest BCUT2D eigenvalue weighted by molar-refractivity contribution is -0.119. The molecule has 164 valence electrons. The monoisotopic (exact) mass is 452 g/mol. The van der Waals surface area contributed by atoms with Gasteiger partial charge in [-0.15, -0.1) is 0 Å². The second kappa shape index (κ2) is 9.71. The molecule has 0 saturated carbocycles. The molecule has 8 heteroatoms. The minimum absolute atomic E-state index is 0.0632. The highest BCUT2D eigenvalue weighted by molar-refractivity contribution is 7.92. The zero-order chi connectivity index (χ0) is 22.5. The minimum Gasteiger partial charge on any atom is -0.491 e. The molecule has 0 saturated heterocycles. The van der Waals surface area contributed by atoms with Gasteiger partial charge in [-0.3, -0.25) is 9.10 Å². The van der Waals surface area contributed by atoms with E-state index in [0.29, 0.717) is 16.3 Å². The van der Waals surface area contributed by atoms with Gasteiger partial charge in [-0.25, -0.2) is 8.42 Å². The van der Waals surface area contributed by atoms with Gasteiger partial charge in [0.1, 0.15) is 18.9 Å². The third-order valence-electron chi connectivity index (χ3n) is 4.49. The second-order valence-electron chi connectivity index (χ2n) is 8.15. The maximum absolute atomic E-state index is 12.4. The van der Waals surface area contributed by atoms with E-state index in [1.54, 1.807) is 25.1 Å². The molecule has 0 atom stereocenters. The number of benzene rings is 2. The molecular formula is C22H29ClN2O4S. The summed E-state index contributed by atoms with van der Waals surface area (Å²) in [5.74, 6) is 0.358. The van der Waals surface area contributed by atoms with Gasteiger partial charge in [-0.1, -0.05) is 50.6 Å². The third-order valence-corrected chi connectivity index (χ3v) is 5.85. The molecule has 0 unspecified atom stereocenters. The number of carbonyl (C=O) groups is 1. The van der Waals surface area contributed by atoms with E-state index in [1.165, 1.54) is 0 Å². The average molecular weight is 453 g/mol. The van der Waals surface area contributed by atoms with Crippen LogP contribution in [0.2, 0.25) is 5.02 Å². The van der Waals surface area contributed by atoms with Crippen LogP contribution in [0.1, 0.15) is 31.9 Å². The SMILES string of the molecule is Cc1cc(Cl)ccc1N(CC(=O)NCCOc1ccccc1C(C)(C)C)S(C)(=O)=O. The van der Waals surface area contributed by atoms with Crippen LogP contribution in [-0.2, 0) is 20.2 Å². The largest absolute Gasteiger partial charge is 0.491 e. The van der Waals surface area contributed by atoms with Crippen LogP contribution in [0, 0.1) is 6.92 Å². The zero-order valence-corrected chi connectivity index (χ0v) is 19.6. The van der Waals surface area contributed by atoms with Crippen molar-refractivity contribution in [3.63, 3.8) is 0 Å². The Kier molecular flexibility index (Phi) is 7.77. The molecule has 0 aromatic heterocycles. The van der Waals surface area contributed by atoms with Gasteiger partial charge >= 0.3 is 0 Å². The molecule has 0 bridgehead atoms. The first-order valence-corrected chi connectivity index (χ1v) is 11.8. The Morgan fingerprint density at radius 3 is 2.43 bits per heavy atom. The number of hydrogen-bond acceptors (Lipinski definition) is 4. The predicted octanol–water partition coefficient (Wildman–Crippen LogP) is 3.91. The number of para-hydroxylation sites is 1. The summed E-state index contributed by atoms with van der Waals surface area (Å²) >= 11 is 5.95. The first-order chi connectivity index (χ1) is 13.9. The number of amides is 1. The number of carbonyl (C=O) groups excluding carboxylic acids is 1. The van der Waals surface area contributed by atoms with Gasteiger partial charge in [0.15, 0.2) is 0 Å². The van der Waals surface area contributed by atoms with E-state index < -0.39 is 15.9 Å². The zero-order valence-electron chi connectivity index (χ0n) is 18.0. The second-order valence-corrected chi connectivity index (χ2v) is 10.5. The molecule has 6 nitrogen and oxygen atoms in total. The maximum atomic E-state index is 12.4. The van der Waals surface area contributed by atoms with E-state index >= 15 is 0 Å². The number of aryl methyl sites for hydroxylation is 1. The van der Waals surface area contributed by atoms with Crippen molar-refractivity contribution in [1.29, 1.82) is 0 Å². The third kappa shape index (κ3) is 6.64. The van der Waals surface area contributed by atoms with Gasteiger partial charge in [-0.05, 0) is 47.7 Å². The Hall–Kier alpha value is -2.25. The van der Waals surface area contributed by atoms with Crippen molar-refractivity contribution >= 4 is 33.2 Å². The van der Waals surface area contributed by atoms with Crippen molar-refractivity contribution < 1.29 is 17.9 Å². The molecular weight excluding hydrogens is 424 g/mol. The summed E-state index contributed by atoms with van der Waals surface area (Å²) in [4.78, 5) is 12.4. The topological polar surface area (TPSA) is 75.7 Å². The van der Waals surface area contributed by atoms with Crippen LogP contribution in [0.3, 0.4) is 0 Å². The predicted molar refractivity (Wildman–Crippen MR) is 122 cm³/mol. The molecule has 0 spiro atoms. The number of halogens is 1. The first-order valence-electron chi connectivity index (χ1n) is 9.62. The Balaban J connectivity index is 1.98. The Bertz CT molecular complexity index is 1000. The molecule has 0 heterocycles. The highest BCUT2D eigenvalue weighted by Gasteiger charge is 2.22. The smallest absolute Gasteiger partial charge is 0.240 e. The number of ether oxygens (including phenoxy) is 1. The quantitative estimate of drug-likeness (QED) is 0.616.